The van der Waals surface area contributed by atoms with Crippen molar-refractivity contribution in [3.63, 3.8) is 0 Å². The molecule has 3 nitrogen and oxygen atoms in total. The van der Waals surface area contributed by atoms with Gasteiger partial charge in [-0.3, -0.25) is 0 Å². The number of halogens is 1. The second-order valence-corrected chi connectivity index (χ2v) is 5.39. The van der Waals surface area contributed by atoms with E-state index in [0.717, 1.165) is 11.1 Å². The molecule has 105 valence electrons. The second-order valence-electron chi connectivity index (χ2n) is 4.95. The summed E-state index contributed by atoms with van der Waals surface area (Å²) in [6.07, 6.45) is 0. The fraction of sp³-hybridized carbons (Fsp3) is 0.188. The fourth-order valence-electron chi connectivity index (χ4n) is 1.70. The van der Waals surface area contributed by atoms with Crippen LogP contribution in [0.2, 0.25) is 5.02 Å². The summed E-state index contributed by atoms with van der Waals surface area (Å²) in [7, 11) is 0. The van der Waals surface area contributed by atoms with E-state index < -0.39 is 11.6 Å². The Labute approximate surface area is 151 Å². The monoisotopic (exact) mass is 313 g/mol. The minimum atomic E-state index is -1.25. The first kappa shape index (κ1) is 18.1. The Morgan fingerprint density at radius 3 is 1.86 bits per heavy atom. The Morgan fingerprint density at radius 1 is 1.00 bits per heavy atom. The Bertz CT molecular complexity index is 606. The smallest absolute Gasteiger partial charge is 0.347 e. The summed E-state index contributed by atoms with van der Waals surface area (Å²) in [5, 5.41) is 9.72. The van der Waals surface area contributed by atoms with Crippen molar-refractivity contribution >= 4 is 47.1 Å². The molecule has 0 saturated heterocycles. The molecule has 0 amide bonds. The number of rotatable bonds is 4. The maximum Gasteiger partial charge on any atom is 0.347 e. The molecule has 0 unspecified atom stereocenters. The number of hydrogen-bond donors (Lipinski definition) is 1. The Balaban J connectivity index is 0.00000220. The van der Waals surface area contributed by atoms with E-state index in [1.165, 1.54) is 13.8 Å². The van der Waals surface area contributed by atoms with E-state index in [1.54, 1.807) is 12.1 Å². The summed E-state index contributed by atoms with van der Waals surface area (Å²) in [6.45, 7) is 3.03. The van der Waals surface area contributed by atoms with E-state index in [-0.39, 0.29) is 29.6 Å². The van der Waals surface area contributed by atoms with Gasteiger partial charge in [0, 0.05) is 34.6 Å². The summed E-state index contributed by atoms with van der Waals surface area (Å²) in [6, 6.07) is 14.8. The van der Waals surface area contributed by atoms with Crippen molar-refractivity contribution in [2.24, 2.45) is 0 Å². The molecule has 0 spiro atoms. The van der Waals surface area contributed by atoms with Crippen molar-refractivity contribution in [3.8, 4) is 16.9 Å². The molecule has 0 heterocycles. The summed E-state index contributed by atoms with van der Waals surface area (Å²) in [5.41, 5.74) is 0.808. The van der Waals surface area contributed by atoms with Gasteiger partial charge in [0.05, 0.1) is 0 Å². The van der Waals surface area contributed by atoms with E-state index in [9.17, 15) is 4.79 Å². The van der Waals surface area contributed by atoms with Gasteiger partial charge in [-0.2, -0.15) is 0 Å². The van der Waals surface area contributed by atoms with Gasteiger partial charge < -0.3 is 9.84 Å². The average molecular weight is 314 g/mol. The average Bonchev–Trinajstić information content (AvgIpc) is 2.40. The van der Waals surface area contributed by atoms with Crippen molar-refractivity contribution in [1.29, 1.82) is 0 Å². The molecule has 0 bridgehead atoms. The predicted octanol–water partition coefficient (Wildman–Crippen LogP) is 3.87. The van der Waals surface area contributed by atoms with E-state index in [1.807, 2.05) is 36.4 Å². The van der Waals surface area contributed by atoms with Gasteiger partial charge in [0.2, 0.25) is 0 Å². The molecule has 2 aromatic carbocycles. The number of ether oxygens (including phenoxy) is 1. The van der Waals surface area contributed by atoms with Gasteiger partial charge >= 0.3 is 5.97 Å². The van der Waals surface area contributed by atoms with Crippen LogP contribution >= 0.6 is 11.6 Å². The van der Waals surface area contributed by atoms with E-state index in [4.69, 9.17) is 21.4 Å². The molecule has 0 aliphatic heterocycles. The Kier molecular flexibility index (Phi) is 6.29. The summed E-state index contributed by atoms with van der Waals surface area (Å²) >= 11 is 5.85. The van der Waals surface area contributed by atoms with Gasteiger partial charge in [0.25, 0.3) is 0 Å². The first-order chi connectivity index (χ1) is 9.38. The maximum atomic E-state index is 11.0. The molecular formula is C16H15ClNaO3. The van der Waals surface area contributed by atoms with E-state index in [2.05, 4.69) is 0 Å². The van der Waals surface area contributed by atoms with Gasteiger partial charge in [-0.25, -0.2) is 4.79 Å². The third-order valence-corrected chi connectivity index (χ3v) is 3.17. The molecule has 0 saturated carbocycles. The van der Waals surface area contributed by atoms with Crippen LogP contribution < -0.4 is 4.74 Å². The van der Waals surface area contributed by atoms with Crippen LogP contribution in [0.1, 0.15) is 13.8 Å². The fourth-order valence-corrected chi connectivity index (χ4v) is 1.82. The summed E-state index contributed by atoms with van der Waals surface area (Å²) in [5.74, 6) is -0.477. The maximum absolute atomic E-state index is 11.0. The third kappa shape index (κ3) is 4.75. The molecule has 1 N–H and O–H groups in total. The number of carbonyl (C=O) groups is 1. The Hall–Kier alpha value is -1.000. The zero-order valence-corrected chi connectivity index (χ0v) is 15.0. The number of benzene rings is 2. The first-order valence-corrected chi connectivity index (χ1v) is 6.55. The molecule has 1 radical (unpaired) electrons. The van der Waals surface area contributed by atoms with Crippen LogP contribution in [0.5, 0.6) is 5.75 Å². The standard InChI is InChI=1S/C16H15ClO3.Na/c1-16(2,15(18)19)20-14-9-5-12(6-10-14)11-3-7-13(17)8-4-11;/h3-10H,1-2H3,(H,18,19);. The van der Waals surface area contributed by atoms with Crippen LogP contribution in [-0.2, 0) is 4.79 Å². The van der Waals surface area contributed by atoms with Gasteiger partial charge in [0.15, 0.2) is 5.60 Å². The van der Waals surface area contributed by atoms with Gasteiger partial charge in [-0.1, -0.05) is 35.9 Å². The van der Waals surface area contributed by atoms with Gasteiger partial charge in [-0.05, 0) is 49.2 Å². The predicted molar refractivity (Wildman–Crippen MR) is 85.0 cm³/mol. The molecule has 0 aromatic heterocycles. The number of aliphatic carboxylic acids is 1. The van der Waals surface area contributed by atoms with Crippen molar-refractivity contribution < 1.29 is 14.6 Å². The molecule has 0 aliphatic rings. The van der Waals surface area contributed by atoms with E-state index in [0.29, 0.717) is 10.8 Å². The summed E-state index contributed by atoms with van der Waals surface area (Å²) in [4.78, 5) is 11.0. The third-order valence-electron chi connectivity index (χ3n) is 2.92. The van der Waals surface area contributed by atoms with Gasteiger partial charge in [-0.15, -0.1) is 0 Å². The van der Waals surface area contributed by atoms with Crippen LogP contribution in [0.25, 0.3) is 11.1 Å². The molecule has 0 aliphatic carbocycles. The van der Waals surface area contributed by atoms with Crippen LogP contribution in [0.15, 0.2) is 48.5 Å². The summed E-state index contributed by atoms with van der Waals surface area (Å²) < 4.78 is 5.45. The number of carboxylic acid groups (broad SMARTS) is 1. The van der Waals surface area contributed by atoms with Crippen LogP contribution in [0.3, 0.4) is 0 Å². The van der Waals surface area contributed by atoms with Crippen molar-refractivity contribution in [3.05, 3.63) is 53.6 Å². The SMILES string of the molecule is CC(C)(Oc1ccc(-c2ccc(Cl)cc2)cc1)C(=O)O.[Na]. The zero-order valence-electron chi connectivity index (χ0n) is 12.3. The quantitative estimate of drug-likeness (QED) is 0.872. The minimum Gasteiger partial charge on any atom is -0.478 e. The normalized spacial score (nSPS) is 10.6. The van der Waals surface area contributed by atoms with Crippen LogP contribution in [0, 0.1) is 0 Å². The minimum absolute atomic E-state index is 0. The molecule has 2 aromatic rings. The second kappa shape index (κ2) is 7.32. The number of hydrogen-bond acceptors (Lipinski definition) is 2. The van der Waals surface area contributed by atoms with Crippen molar-refractivity contribution in [2.45, 2.75) is 19.4 Å². The first-order valence-electron chi connectivity index (χ1n) is 6.17. The number of carboxylic acids is 1. The topological polar surface area (TPSA) is 46.5 Å². The van der Waals surface area contributed by atoms with E-state index >= 15 is 0 Å². The molecular weight excluding hydrogens is 299 g/mol. The molecule has 0 atom stereocenters. The van der Waals surface area contributed by atoms with Crippen molar-refractivity contribution in [1.82, 2.24) is 0 Å². The molecule has 5 heteroatoms. The molecule has 0 fully saturated rings. The molecule has 2 rings (SSSR count). The largest absolute Gasteiger partial charge is 0.478 e. The van der Waals surface area contributed by atoms with Crippen LogP contribution in [-0.4, -0.2) is 46.2 Å². The molecule has 21 heavy (non-hydrogen) atoms. The van der Waals surface area contributed by atoms with Crippen molar-refractivity contribution in [2.75, 3.05) is 0 Å². The zero-order chi connectivity index (χ0) is 14.8. The van der Waals surface area contributed by atoms with Gasteiger partial charge in [0.1, 0.15) is 5.75 Å². The van der Waals surface area contributed by atoms with Crippen LogP contribution in [0.4, 0.5) is 0 Å². The Morgan fingerprint density at radius 2 is 1.43 bits per heavy atom.